The van der Waals surface area contributed by atoms with Crippen LogP contribution >= 0.6 is 0 Å². The number of ether oxygens (including phenoxy) is 3. The Bertz CT molecular complexity index is 895. The maximum Gasteiger partial charge on any atom is 0.255 e. The van der Waals surface area contributed by atoms with Crippen LogP contribution in [0.3, 0.4) is 0 Å². The van der Waals surface area contributed by atoms with Crippen molar-refractivity contribution in [3.8, 4) is 11.5 Å². The quantitative estimate of drug-likeness (QED) is 0.531. The largest absolute Gasteiger partial charge is 0.493 e. The van der Waals surface area contributed by atoms with E-state index in [-0.39, 0.29) is 18.6 Å². The number of nitrogens with two attached hydrogens (primary N) is 1. The number of morpholine rings is 1. The number of nitrogens with one attached hydrogen (secondary N) is 2. The molecule has 0 bridgehead atoms. The van der Waals surface area contributed by atoms with E-state index in [1.165, 1.54) is 17.6 Å². The van der Waals surface area contributed by atoms with Gasteiger partial charge in [0.2, 0.25) is 0 Å². The van der Waals surface area contributed by atoms with Crippen LogP contribution in [0.15, 0.2) is 42.5 Å². The van der Waals surface area contributed by atoms with Gasteiger partial charge in [-0.2, -0.15) is 0 Å². The Kier molecular flexibility index (Phi) is 7.86. The number of quaternary nitrogens is 1. The fourth-order valence-electron chi connectivity index (χ4n) is 3.52. The maximum atomic E-state index is 13.1. The number of carbonyl (C=O) groups is 2. The highest BCUT2D eigenvalue weighted by atomic mass is 16.5. The monoisotopic (exact) mass is 428 g/mol. The third kappa shape index (κ3) is 6.44. The number of hydrogen-bond donors (Lipinski definition) is 3. The van der Waals surface area contributed by atoms with Crippen LogP contribution in [0, 0.1) is 6.92 Å². The molecule has 0 radical (unpaired) electrons. The maximum absolute atomic E-state index is 13.1. The highest BCUT2D eigenvalue weighted by Crippen LogP contribution is 2.28. The second kappa shape index (κ2) is 10.8. The minimum Gasteiger partial charge on any atom is -0.493 e. The highest BCUT2D eigenvalue weighted by molar-refractivity contribution is 5.95. The molecule has 0 aromatic heterocycles. The second-order valence-electron chi connectivity index (χ2n) is 7.62. The summed E-state index contributed by atoms with van der Waals surface area (Å²) in [6.07, 6.45) is 0. The smallest absolute Gasteiger partial charge is 0.255 e. The van der Waals surface area contributed by atoms with Gasteiger partial charge < -0.3 is 30.2 Å². The Balaban J connectivity index is 1.77. The predicted molar refractivity (Wildman–Crippen MR) is 115 cm³/mol. The topological polar surface area (TPSA) is 104 Å². The van der Waals surface area contributed by atoms with Crippen molar-refractivity contribution in [2.24, 2.45) is 5.73 Å². The Morgan fingerprint density at radius 1 is 1.13 bits per heavy atom. The first kappa shape index (κ1) is 22.6. The molecule has 1 atom stereocenters. The standard InChI is InChI=1S/C23H29N3O5/c1-16-3-5-17(6-4-16)19(14-26-9-11-30-12-10-26)25-23(28)18-7-8-20(21(13-18)29-2)31-15-22(24)27/h3-8,13,19H,9-12,14-15H2,1-2H3,(H2,24,27)(H,25,28)/p+1/t19-/m0/s1. The third-order valence-electron chi connectivity index (χ3n) is 5.27. The molecule has 2 amide bonds. The molecule has 166 valence electrons. The molecule has 1 heterocycles. The van der Waals surface area contributed by atoms with E-state index in [1.54, 1.807) is 18.2 Å². The molecule has 0 saturated carbocycles. The fraction of sp³-hybridized carbons (Fsp3) is 0.391. The summed E-state index contributed by atoms with van der Waals surface area (Å²) in [7, 11) is 1.48. The molecule has 1 aliphatic rings. The second-order valence-corrected chi connectivity index (χ2v) is 7.62. The normalized spacial score (nSPS) is 15.2. The Hall–Kier alpha value is -3.10. The van der Waals surface area contributed by atoms with E-state index in [0.717, 1.165) is 38.4 Å². The summed E-state index contributed by atoms with van der Waals surface area (Å²) in [5, 5.41) is 3.17. The lowest BCUT2D eigenvalue weighted by Crippen LogP contribution is -3.14. The fourth-order valence-corrected chi connectivity index (χ4v) is 3.52. The average molecular weight is 429 g/mol. The molecule has 1 fully saturated rings. The van der Waals surface area contributed by atoms with E-state index in [9.17, 15) is 9.59 Å². The average Bonchev–Trinajstić information content (AvgIpc) is 2.78. The van der Waals surface area contributed by atoms with Crippen molar-refractivity contribution in [3.05, 3.63) is 59.2 Å². The van der Waals surface area contributed by atoms with E-state index in [2.05, 4.69) is 29.6 Å². The molecule has 0 unspecified atom stereocenters. The van der Waals surface area contributed by atoms with Gasteiger partial charge in [-0.15, -0.1) is 0 Å². The van der Waals surface area contributed by atoms with Crippen LogP contribution in [0.4, 0.5) is 0 Å². The summed E-state index contributed by atoms with van der Waals surface area (Å²) >= 11 is 0. The molecule has 2 aromatic rings. The summed E-state index contributed by atoms with van der Waals surface area (Å²) in [4.78, 5) is 25.4. The van der Waals surface area contributed by atoms with Crippen molar-refractivity contribution in [2.45, 2.75) is 13.0 Å². The summed E-state index contributed by atoms with van der Waals surface area (Å²) in [6, 6.07) is 12.9. The van der Waals surface area contributed by atoms with Gasteiger partial charge in [0.15, 0.2) is 18.1 Å². The zero-order valence-corrected chi connectivity index (χ0v) is 18.0. The van der Waals surface area contributed by atoms with E-state index < -0.39 is 5.91 Å². The van der Waals surface area contributed by atoms with Gasteiger partial charge in [0.1, 0.15) is 25.7 Å². The number of aryl methyl sites for hydroxylation is 1. The van der Waals surface area contributed by atoms with Crippen molar-refractivity contribution in [1.82, 2.24) is 5.32 Å². The van der Waals surface area contributed by atoms with Gasteiger partial charge in [-0.05, 0) is 30.7 Å². The highest BCUT2D eigenvalue weighted by Gasteiger charge is 2.24. The Labute approximate surface area is 182 Å². The third-order valence-corrected chi connectivity index (χ3v) is 5.27. The van der Waals surface area contributed by atoms with Gasteiger partial charge in [-0.1, -0.05) is 29.8 Å². The summed E-state index contributed by atoms with van der Waals surface area (Å²) in [6.45, 7) is 5.84. The zero-order chi connectivity index (χ0) is 22.2. The first-order chi connectivity index (χ1) is 15.0. The zero-order valence-electron chi connectivity index (χ0n) is 18.0. The molecule has 2 aromatic carbocycles. The number of rotatable bonds is 9. The van der Waals surface area contributed by atoms with Crippen LogP contribution in [0.5, 0.6) is 11.5 Å². The van der Waals surface area contributed by atoms with Crippen LogP contribution in [0.1, 0.15) is 27.5 Å². The van der Waals surface area contributed by atoms with Crippen molar-refractivity contribution in [2.75, 3.05) is 46.6 Å². The van der Waals surface area contributed by atoms with Crippen LogP contribution in [-0.2, 0) is 9.53 Å². The SMILES string of the molecule is COc1cc(C(=O)N[C@@H](C[NH+]2CCOCC2)c2ccc(C)cc2)ccc1OCC(N)=O. The number of amides is 2. The summed E-state index contributed by atoms with van der Waals surface area (Å²) in [5.41, 5.74) is 7.80. The summed E-state index contributed by atoms with van der Waals surface area (Å²) in [5.74, 6) is -0.0845. The molecule has 1 aliphatic heterocycles. The molecule has 1 saturated heterocycles. The van der Waals surface area contributed by atoms with Crippen molar-refractivity contribution in [1.29, 1.82) is 0 Å². The minimum absolute atomic E-state index is 0.141. The molecule has 8 heteroatoms. The van der Waals surface area contributed by atoms with Gasteiger partial charge in [0.05, 0.1) is 20.3 Å². The van der Waals surface area contributed by atoms with Crippen LogP contribution in [0.2, 0.25) is 0 Å². The van der Waals surface area contributed by atoms with Gasteiger partial charge in [0.25, 0.3) is 11.8 Å². The van der Waals surface area contributed by atoms with E-state index in [0.29, 0.717) is 17.1 Å². The minimum atomic E-state index is -0.588. The summed E-state index contributed by atoms with van der Waals surface area (Å²) < 4.78 is 16.1. The van der Waals surface area contributed by atoms with Crippen LogP contribution < -0.4 is 25.4 Å². The first-order valence-electron chi connectivity index (χ1n) is 10.3. The van der Waals surface area contributed by atoms with E-state index in [4.69, 9.17) is 19.9 Å². The van der Waals surface area contributed by atoms with Crippen molar-refractivity contribution in [3.63, 3.8) is 0 Å². The lowest BCUT2D eigenvalue weighted by atomic mass is 10.0. The van der Waals surface area contributed by atoms with E-state index >= 15 is 0 Å². The first-order valence-corrected chi connectivity index (χ1v) is 10.3. The van der Waals surface area contributed by atoms with E-state index in [1.807, 2.05) is 6.92 Å². The number of hydrogen-bond acceptors (Lipinski definition) is 5. The number of benzene rings is 2. The molecular weight excluding hydrogens is 398 g/mol. The number of primary amides is 1. The molecular formula is C23H30N3O5+. The van der Waals surface area contributed by atoms with Gasteiger partial charge in [-0.25, -0.2) is 0 Å². The van der Waals surface area contributed by atoms with Crippen molar-refractivity contribution >= 4 is 11.8 Å². The van der Waals surface area contributed by atoms with Crippen LogP contribution in [0.25, 0.3) is 0 Å². The Morgan fingerprint density at radius 2 is 1.84 bits per heavy atom. The Morgan fingerprint density at radius 3 is 2.48 bits per heavy atom. The molecule has 31 heavy (non-hydrogen) atoms. The number of methoxy groups -OCH3 is 1. The molecule has 0 spiro atoms. The lowest BCUT2D eigenvalue weighted by Gasteiger charge is -2.28. The predicted octanol–water partition coefficient (Wildman–Crippen LogP) is 0.254. The lowest BCUT2D eigenvalue weighted by molar-refractivity contribution is -0.909. The molecule has 4 N–H and O–H groups in total. The van der Waals surface area contributed by atoms with Gasteiger partial charge in [0, 0.05) is 5.56 Å². The molecule has 0 aliphatic carbocycles. The number of carbonyl (C=O) groups excluding carboxylic acids is 2. The van der Waals surface area contributed by atoms with Gasteiger partial charge in [-0.3, -0.25) is 9.59 Å². The van der Waals surface area contributed by atoms with Crippen molar-refractivity contribution < 1.29 is 28.7 Å². The van der Waals surface area contributed by atoms with Crippen LogP contribution in [-0.4, -0.2) is 58.4 Å². The molecule has 3 rings (SSSR count). The van der Waals surface area contributed by atoms with Gasteiger partial charge >= 0.3 is 0 Å². The molecule has 8 nitrogen and oxygen atoms in total.